The summed E-state index contributed by atoms with van der Waals surface area (Å²) in [7, 11) is 0. The summed E-state index contributed by atoms with van der Waals surface area (Å²) in [4.78, 5) is 0. The van der Waals surface area contributed by atoms with E-state index in [-0.39, 0.29) is 11.6 Å². The highest BCUT2D eigenvalue weighted by Crippen LogP contribution is 2.55. The van der Waals surface area contributed by atoms with E-state index in [2.05, 4.69) is 20.8 Å². The highest BCUT2D eigenvalue weighted by Gasteiger charge is 2.53. The number of nitrogens with two attached hydrogens (primary N) is 1. The Bertz CT molecular complexity index is 513. The summed E-state index contributed by atoms with van der Waals surface area (Å²) in [6.07, 6.45) is 3.17. The summed E-state index contributed by atoms with van der Waals surface area (Å²) in [5.41, 5.74) is 7.68. The molecular formula is C16H22ClNO. The van der Waals surface area contributed by atoms with Crippen molar-refractivity contribution in [1.82, 2.24) is 0 Å². The molecule has 1 aliphatic heterocycles. The van der Waals surface area contributed by atoms with E-state index in [4.69, 9.17) is 22.1 Å². The summed E-state index contributed by atoms with van der Waals surface area (Å²) in [5.74, 6) is 1.46. The quantitative estimate of drug-likeness (QED) is 0.768. The monoisotopic (exact) mass is 279 g/mol. The third-order valence-corrected chi connectivity index (χ3v) is 5.02. The number of hydrogen-bond donors (Lipinski definition) is 1. The highest BCUT2D eigenvalue weighted by molar-refractivity contribution is 6.30. The normalized spacial score (nSPS) is 36.1. The highest BCUT2D eigenvalue weighted by atomic mass is 35.5. The van der Waals surface area contributed by atoms with Gasteiger partial charge >= 0.3 is 0 Å². The van der Waals surface area contributed by atoms with E-state index in [9.17, 15) is 0 Å². The number of benzene rings is 1. The Morgan fingerprint density at radius 3 is 2.68 bits per heavy atom. The van der Waals surface area contributed by atoms with Crippen LogP contribution in [0.4, 0.5) is 0 Å². The second-order valence-corrected chi connectivity index (χ2v) is 7.54. The zero-order chi connectivity index (χ0) is 13.8. The van der Waals surface area contributed by atoms with Crippen LogP contribution in [0.15, 0.2) is 18.2 Å². The minimum Gasteiger partial charge on any atom is -0.487 e. The van der Waals surface area contributed by atoms with Crippen LogP contribution in [0.3, 0.4) is 0 Å². The van der Waals surface area contributed by atoms with Gasteiger partial charge < -0.3 is 10.5 Å². The largest absolute Gasteiger partial charge is 0.487 e. The maximum absolute atomic E-state index is 6.42. The van der Waals surface area contributed by atoms with Gasteiger partial charge in [-0.25, -0.2) is 0 Å². The topological polar surface area (TPSA) is 35.2 Å². The molecule has 3 heteroatoms. The maximum atomic E-state index is 6.42. The lowest BCUT2D eigenvalue weighted by atomic mass is 9.80. The minimum absolute atomic E-state index is 0.0267. The summed E-state index contributed by atoms with van der Waals surface area (Å²) in [6, 6.07) is 5.82. The van der Waals surface area contributed by atoms with Crippen molar-refractivity contribution in [3.05, 3.63) is 28.8 Å². The molecule has 0 amide bonds. The second kappa shape index (κ2) is 4.13. The van der Waals surface area contributed by atoms with Gasteiger partial charge in [-0.3, -0.25) is 0 Å². The molecule has 0 bridgehead atoms. The average molecular weight is 280 g/mol. The van der Waals surface area contributed by atoms with Gasteiger partial charge in [-0.05, 0) is 42.4 Å². The van der Waals surface area contributed by atoms with Gasteiger partial charge in [0.2, 0.25) is 0 Å². The van der Waals surface area contributed by atoms with E-state index in [1.54, 1.807) is 0 Å². The summed E-state index contributed by atoms with van der Waals surface area (Å²) in [6.45, 7) is 6.94. The van der Waals surface area contributed by atoms with E-state index in [1.807, 2.05) is 18.2 Å². The number of hydrogen-bond acceptors (Lipinski definition) is 2. The fraction of sp³-hybridized carbons (Fsp3) is 0.625. The molecule has 1 aromatic carbocycles. The van der Waals surface area contributed by atoms with Crippen molar-refractivity contribution in [2.45, 2.75) is 51.7 Å². The molecule has 0 aromatic heterocycles. The molecule has 1 aliphatic carbocycles. The van der Waals surface area contributed by atoms with Crippen molar-refractivity contribution in [2.75, 3.05) is 0 Å². The summed E-state index contributed by atoms with van der Waals surface area (Å²) in [5, 5.41) is 0.730. The van der Waals surface area contributed by atoms with Crippen LogP contribution in [-0.4, -0.2) is 5.60 Å². The van der Waals surface area contributed by atoms with Gasteiger partial charge in [0, 0.05) is 23.0 Å². The van der Waals surface area contributed by atoms with E-state index >= 15 is 0 Å². The predicted octanol–water partition coefficient (Wildman–Crippen LogP) is 4.32. The van der Waals surface area contributed by atoms with Crippen molar-refractivity contribution in [3.63, 3.8) is 0 Å². The Hall–Kier alpha value is -0.730. The fourth-order valence-electron chi connectivity index (χ4n) is 4.13. The van der Waals surface area contributed by atoms with Crippen molar-refractivity contribution in [2.24, 2.45) is 17.1 Å². The first-order valence-corrected chi connectivity index (χ1v) is 7.43. The number of ether oxygens (including phenoxy) is 1. The second-order valence-electron chi connectivity index (χ2n) is 7.11. The third-order valence-electron chi connectivity index (χ3n) is 4.78. The SMILES string of the molecule is CC1CC(C)(C)CC12C[C@H](N)c1cc(Cl)ccc1O2. The molecular weight excluding hydrogens is 258 g/mol. The van der Waals surface area contributed by atoms with Crippen LogP contribution in [0, 0.1) is 11.3 Å². The van der Waals surface area contributed by atoms with E-state index in [0.717, 1.165) is 29.2 Å². The van der Waals surface area contributed by atoms with Crippen LogP contribution in [-0.2, 0) is 0 Å². The molecule has 2 unspecified atom stereocenters. The van der Waals surface area contributed by atoms with Crippen LogP contribution >= 0.6 is 11.6 Å². The molecule has 2 N–H and O–H groups in total. The molecule has 1 saturated carbocycles. The van der Waals surface area contributed by atoms with Crippen molar-refractivity contribution < 1.29 is 4.74 Å². The lowest BCUT2D eigenvalue weighted by molar-refractivity contribution is 0.00184. The van der Waals surface area contributed by atoms with E-state index in [1.165, 1.54) is 6.42 Å². The number of rotatable bonds is 0. The fourth-order valence-corrected chi connectivity index (χ4v) is 4.31. The lowest BCUT2D eigenvalue weighted by Crippen LogP contribution is -2.45. The van der Waals surface area contributed by atoms with Crippen LogP contribution in [0.2, 0.25) is 5.02 Å². The molecule has 19 heavy (non-hydrogen) atoms. The molecule has 3 rings (SSSR count). The molecule has 1 fully saturated rings. The lowest BCUT2D eigenvalue weighted by Gasteiger charge is -2.42. The zero-order valence-electron chi connectivity index (χ0n) is 11.9. The Morgan fingerprint density at radius 1 is 1.32 bits per heavy atom. The first-order valence-electron chi connectivity index (χ1n) is 7.05. The van der Waals surface area contributed by atoms with Crippen molar-refractivity contribution in [1.29, 1.82) is 0 Å². The molecule has 1 heterocycles. The Balaban J connectivity index is 1.99. The van der Waals surface area contributed by atoms with Gasteiger partial charge in [-0.15, -0.1) is 0 Å². The summed E-state index contributed by atoms with van der Waals surface area (Å²) < 4.78 is 6.42. The molecule has 1 spiro atoms. The first-order chi connectivity index (χ1) is 8.81. The van der Waals surface area contributed by atoms with Gasteiger partial charge in [0.05, 0.1) is 0 Å². The number of halogens is 1. The standard InChI is InChI=1S/C16H22ClNO/c1-10-7-15(2,3)9-16(10)8-13(18)12-6-11(17)4-5-14(12)19-16/h4-6,10,13H,7-9,18H2,1-3H3/t10?,13-,16?/m0/s1. The van der Waals surface area contributed by atoms with E-state index < -0.39 is 0 Å². The van der Waals surface area contributed by atoms with Gasteiger partial charge in [-0.2, -0.15) is 0 Å². The molecule has 2 nitrogen and oxygen atoms in total. The summed E-state index contributed by atoms with van der Waals surface area (Å²) >= 11 is 6.06. The zero-order valence-corrected chi connectivity index (χ0v) is 12.6. The van der Waals surface area contributed by atoms with Crippen LogP contribution in [0.5, 0.6) is 5.75 Å². The molecule has 1 aromatic rings. The smallest absolute Gasteiger partial charge is 0.125 e. The third kappa shape index (κ3) is 2.15. The van der Waals surface area contributed by atoms with Crippen LogP contribution in [0.1, 0.15) is 51.6 Å². The first kappa shape index (κ1) is 13.3. The Kier molecular flexibility index (Phi) is 2.88. The number of fused-ring (bicyclic) bond motifs is 1. The van der Waals surface area contributed by atoms with Gasteiger partial charge in [0.15, 0.2) is 0 Å². The van der Waals surface area contributed by atoms with Gasteiger partial charge in [0.1, 0.15) is 11.4 Å². The van der Waals surface area contributed by atoms with Crippen LogP contribution < -0.4 is 10.5 Å². The molecule has 104 valence electrons. The molecule has 2 aliphatic rings. The minimum atomic E-state index is -0.0935. The molecule has 0 saturated heterocycles. The van der Waals surface area contributed by atoms with Gasteiger partial charge in [0.25, 0.3) is 0 Å². The van der Waals surface area contributed by atoms with E-state index in [0.29, 0.717) is 11.3 Å². The maximum Gasteiger partial charge on any atom is 0.125 e. The van der Waals surface area contributed by atoms with Crippen LogP contribution in [0.25, 0.3) is 0 Å². The Morgan fingerprint density at radius 2 is 2.05 bits per heavy atom. The average Bonchev–Trinajstić information content (AvgIpc) is 2.49. The van der Waals surface area contributed by atoms with Crippen molar-refractivity contribution in [3.8, 4) is 5.75 Å². The molecule has 3 atom stereocenters. The molecule has 0 radical (unpaired) electrons. The predicted molar refractivity (Wildman–Crippen MR) is 78.5 cm³/mol. The van der Waals surface area contributed by atoms with Crippen molar-refractivity contribution >= 4 is 11.6 Å². The van der Waals surface area contributed by atoms with Gasteiger partial charge in [-0.1, -0.05) is 32.4 Å². The Labute approximate surface area is 120 Å².